The second kappa shape index (κ2) is 10.4. The highest BCUT2D eigenvalue weighted by Gasteiger charge is 2.12. The summed E-state index contributed by atoms with van der Waals surface area (Å²) < 4.78 is 0. The van der Waals surface area contributed by atoms with Gasteiger partial charge in [0.1, 0.15) is 0 Å². The summed E-state index contributed by atoms with van der Waals surface area (Å²) in [5.41, 5.74) is 10.0. The Morgan fingerprint density at radius 1 is 0.368 bits per heavy atom. The van der Waals surface area contributed by atoms with Crippen LogP contribution in [0, 0.1) is 0 Å². The van der Waals surface area contributed by atoms with Crippen LogP contribution in [0.25, 0.3) is 56.0 Å². The molecule has 0 fully saturated rings. The summed E-state index contributed by atoms with van der Waals surface area (Å²) in [6.45, 7) is 4.38. The van der Waals surface area contributed by atoms with Crippen molar-refractivity contribution in [3.8, 4) is 11.1 Å². The van der Waals surface area contributed by atoms with Crippen molar-refractivity contribution < 1.29 is 0 Å². The normalized spacial score (nSPS) is 12.3. The smallest absolute Gasteiger partial charge is 0.00987 e. The van der Waals surface area contributed by atoms with E-state index in [2.05, 4.69) is 159 Å². The Morgan fingerprint density at radius 2 is 0.711 bits per heavy atom. The van der Waals surface area contributed by atoms with E-state index >= 15 is 0 Å². The van der Waals surface area contributed by atoms with Gasteiger partial charge in [-0.05, 0) is 79.9 Å². The highest BCUT2D eigenvalue weighted by atomic mass is 14.2. The molecule has 0 aliphatic rings. The quantitative estimate of drug-likeness (QED) is 0.213. The maximum absolute atomic E-state index is 2.31. The lowest BCUT2D eigenvalue weighted by atomic mass is 9.89. The summed E-state index contributed by atoms with van der Waals surface area (Å²) in [6, 6.07) is 47.9. The molecule has 0 aliphatic carbocycles. The third-order valence-corrected chi connectivity index (χ3v) is 7.41. The third kappa shape index (κ3) is 4.58. The Bertz CT molecular complexity index is 1670. The summed E-state index contributed by atoms with van der Waals surface area (Å²) in [7, 11) is 0. The Labute approximate surface area is 225 Å². The van der Waals surface area contributed by atoms with Crippen LogP contribution in [0.5, 0.6) is 0 Å². The minimum absolute atomic E-state index is 1.24. The molecular weight excluding hydrogens is 456 g/mol. The van der Waals surface area contributed by atoms with Crippen LogP contribution < -0.4 is 0 Å². The zero-order chi connectivity index (χ0) is 25.9. The maximum atomic E-state index is 2.31. The summed E-state index contributed by atoms with van der Waals surface area (Å²) in [5, 5.41) is 5.09. The van der Waals surface area contributed by atoms with Crippen LogP contribution in [0.1, 0.15) is 36.1 Å². The van der Waals surface area contributed by atoms with Gasteiger partial charge in [0.25, 0.3) is 0 Å². The summed E-state index contributed by atoms with van der Waals surface area (Å²) in [4.78, 5) is 0. The molecule has 6 aromatic rings. The standard InChI is InChI=1S/C38H30/c1-27(29-13-5-3-6-14-29)25-31-21-23-37(35-19-11-9-17-33(31)35)38-24-22-32(34-18-10-12-20-36(34)38)26-28(2)30-15-7-4-8-16-30/h3-26H,1-2H3/b27-25+,28-26+. The van der Waals surface area contributed by atoms with E-state index in [0.29, 0.717) is 0 Å². The predicted molar refractivity (Wildman–Crippen MR) is 167 cm³/mol. The van der Waals surface area contributed by atoms with Gasteiger partial charge in [-0.15, -0.1) is 0 Å². The molecule has 38 heavy (non-hydrogen) atoms. The third-order valence-electron chi connectivity index (χ3n) is 7.41. The highest BCUT2D eigenvalue weighted by Crippen LogP contribution is 2.38. The molecule has 0 saturated carbocycles. The minimum Gasteiger partial charge on any atom is -0.0622 e. The summed E-state index contributed by atoms with van der Waals surface area (Å²) in [6.07, 6.45) is 4.61. The molecule has 0 spiro atoms. The van der Waals surface area contributed by atoms with Gasteiger partial charge in [-0.2, -0.15) is 0 Å². The average Bonchev–Trinajstić information content (AvgIpc) is 2.98. The van der Waals surface area contributed by atoms with Gasteiger partial charge in [-0.25, -0.2) is 0 Å². The number of fused-ring (bicyclic) bond motifs is 2. The van der Waals surface area contributed by atoms with Crippen molar-refractivity contribution in [3.63, 3.8) is 0 Å². The second-order valence-corrected chi connectivity index (χ2v) is 9.88. The number of hydrogen-bond donors (Lipinski definition) is 0. The minimum atomic E-state index is 1.24. The van der Waals surface area contributed by atoms with E-state index in [1.807, 2.05) is 0 Å². The van der Waals surface area contributed by atoms with Gasteiger partial charge < -0.3 is 0 Å². The van der Waals surface area contributed by atoms with Gasteiger partial charge in [0.15, 0.2) is 0 Å². The molecule has 0 aliphatic heterocycles. The average molecular weight is 487 g/mol. The van der Waals surface area contributed by atoms with E-state index < -0.39 is 0 Å². The van der Waals surface area contributed by atoms with Gasteiger partial charge in [0, 0.05) is 0 Å². The summed E-state index contributed by atoms with van der Waals surface area (Å²) >= 11 is 0. The van der Waals surface area contributed by atoms with Crippen LogP contribution in [0.2, 0.25) is 0 Å². The van der Waals surface area contributed by atoms with Crippen molar-refractivity contribution in [2.45, 2.75) is 13.8 Å². The highest BCUT2D eigenvalue weighted by molar-refractivity contribution is 6.10. The monoisotopic (exact) mass is 486 g/mol. The predicted octanol–water partition coefficient (Wildman–Crippen LogP) is 10.8. The fraction of sp³-hybridized carbons (Fsp3) is 0.0526. The van der Waals surface area contributed by atoms with Crippen LogP contribution in [0.15, 0.2) is 133 Å². The molecular formula is C38H30. The van der Waals surface area contributed by atoms with E-state index in [4.69, 9.17) is 0 Å². The molecule has 0 aromatic heterocycles. The van der Waals surface area contributed by atoms with Crippen molar-refractivity contribution in [2.75, 3.05) is 0 Å². The molecule has 182 valence electrons. The van der Waals surface area contributed by atoms with E-state index in [9.17, 15) is 0 Å². The zero-order valence-corrected chi connectivity index (χ0v) is 21.9. The largest absolute Gasteiger partial charge is 0.0622 e. The van der Waals surface area contributed by atoms with Crippen LogP contribution in [0.3, 0.4) is 0 Å². The zero-order valence-electron chi connectivity index (χ0n) is 21.9. The Balaban J connectivity index is 1.49. The molecule has 0 atom stereocenters. The van der Waals surface area contributed by atoms with Crippen molar-refractivity contribution >= 4 is 44.8 Å². The molecule has 0 heteroatoms. The molecule has 6 aromatic carbocycles. The molecule has 0 bridgehead atoms. The van der Waals surface area contributed by atoms with Crippen LogP contribution in [0.4, 0.5) is 0 Å². The van der Waals surface area contributed by atoms with Crippen molar-refractivity contribution in [1.29, 1.82) is 0 Å². The lowest BCUT2D eigenvalue weighted by Crippen LogP contribution is -1.89. The first kappa shape index (κ1) is 23.7. The van der Waals surface area contributed by atoms with E-state index in [1.165, 1.54) is 66.1 Å². The molecule has 0 radical (unpaired) electrons. The molecule has 0 amide bonds. The van der Waals surface area contributed by atoms with Crippen LogP contribution >= 0.6 is 0 Å². The number of hydrogen-bond acceptors (Lipinski definition) is 0. The Morgan fingerprint density at radius 3 is 1.11 bits per heavy atom. The summed E-state index contributed by atoms with van der Waals surface area (Å²) in [5.74, 6) is 0. The number of benzene rings is 6. The van der Waals surface area contributed by atoms with Crippen molar-refractivity contribution in [2.24, 2.45) is 0 Å². The van der Waals surface area contributed by atoms with E-state index in [-0.39, 0.29) is 0 Å². The van der Waals surface area contributed by atoms with Crippen molar-refractivity contribution in [3.05, 3.63) is 156 Å². The van der Waals surface area contributed by atoms with Crippen LogP contribution in [-0.4, -0.2) is 0 Å². The van der Waals surface area contributed by atoms with E-state index in [1.54, 1.807) is 0 Å². The van der Waals surface area contributed by atoms with Gasteiger partial charge in [-0.1, -0.05) is 146 Å². The lowest BCUT2D eigenvalue weighted by molar-refractivity contribution is 1.57. The molecule has 0 unspecified atom stereocenters. The first-order chi connectivity index (χ1) is 18.7. The van der Waals surface area contributed by atoms with Gasteiger partial charge in [-0.3, -0.25) is 0 Å². The SMILES string of the molecule is C/C(=C\c1ccc(-c2ccc(/C=C(\C)c3ccccc3)c3ccccc23)c2ccccc12)c1ccccc1. The topological polar surface area (TPSA) is 0 Å². The maximum Gasteiger partial charge on any atom is -0.00987 e. The fourth-order valence-corrected chi connectivity index (χ4v) is 5.40. The molecule has 0 N–H and O–H groups in total. The first-order valence-corrected chi connectivity index (χ1v) is 13.2. The van der Waals surface area contributed by atoms with Gasteiger partial charge in [0.05, 0.1) is 0 Å². The Hall–Kier alpha value is -4.68. The van der Waals surface area contributed by atoms with Crippen LogP contribution in [-0.2, 0) is 0 Å². The first-order valence-electron chi connectivity index (χ1n) is 13.2. The molecule has 0 saturated heterocycles. The molecule has 0 nitrogen and oxygen atoms in total. The Kier molecular flexibility index (Phi) is 6.46. The lowest BCUT2D eigenvalue weighted by Gasteiger charge is -2.14. The number of allylic oxidation sites excluding steroid dienone is 2. The van der Waals surface area contributed by atoms with Crippen molar-refractivity contribution in [1.82, 2.24) is 0 Å². The van der Waals surface area contributed by atoms with E-state index in [0.717, 1.165) is 0 Å². The van der Waals surface area contributed by atoms with Gasteiger partial charge in [0.2, 0.25) is 0 Å². The van der Waals surface area contributed by atoms with Gasteiger partial charge >= 0.3 is 0 Å². The molecule has 6 rings (SSSR count). The second-order valence-electron chi connectivity index (χ2n) is 9.88. The number of rotatable bonds is 5. The molecule has 0 heterocycles. The fourth-order valence-electron chi connectivity index (χ4n) is 5.40.